The van der Waals surface area contributed by atoms with E-state index >= 15 is 0 Å². The van der Waals surface area contributed by atoms with E-state index in [1.807, 2.05) is 0 Å². The number of aliphatic hydroxyl groups is 2. The van der Waals surface area contributed by atoms with Gasteiger partial charge in [0.15, 0.2) is 6.61 Å². The van der Waals surface area contributed by atoms with Crippen molar-refractivity contribution in [3.05, 3.63) is 11.6 Å². The van der Waals surface area contributed by atoms with Gasteiger partial charge in [-0.15, -0.1) is 0 Å². The highest BCUT2D eigenvalue weighted by molar-refractivity contribution is 5.96. The van der Waals surface area contributed by atoms with Crippen LogP contribution < -0.4 is 0 Å². The number of carboxylic acids is 1. The van der Waals surface area contributed by atoms with Gasteiger partial charge in [-0.2, -0.15) is 0 Å². The van der Waals surface area contributed by atoms with Gasteiger partial charge < -0.3 is 25.1 Å². The molecule has 0 radical (unpaired) electrons. The van der Waals surface area contributed by atoms with Crippen molar-refractivity contribution in [2.24, 2.45) is 33.7 Å². The van der Waals surface area contributed by atoms with Gasteiger partial charge in [0.25, 0.3) is 5.91 Å². The van der Waals surface area contributed by atoms with Crippen LogP contribution in [0.1, 0.15) is 71.6 Å². The maximum Gasteiger partial charge on any atom is 0.326 e. The van der Waals surface area contributed by atoms with Crippen molar-refractivity contribution < 1.29 is 29.7 Å². The zero-order valence-electron chi connectivity index (χ0n) is 20.3. The number of aliphatic hydroxyl groups excluding tert-OH is 2. The third-order valence-electron chi connectivity index (χ3n) is 10.2. The highest BCUT2D eigenvalue weighted by Crippen LogP contribution is 2.65. The summed E-state index contributed by atoms with van der Waals surface area (Å²) in [6, 6.07) is -1.01. The van der Waals surface area contributed by atoms with Crippen molar-refractivity contribution in [3.8, 4) is 0 Å². The van der Waals surface area contributed by atoms with Gasteiger partial charge in [-0.1, -0.05) is 24.6 Å². The zero-order valence-corrected chi connectivity index (χ0v) is 20.3. The summed E-state index contributed by atoms with van der Waals surface area (Å²) in [4.78, 5) is 30.3. The molecule has 3 N–H and O–H groups in total. The lowest BCUT2D eigenvalue weighted by Crippen LogP contribution is -2.51. The number of carbonyl (C=O) groups is 2. The largest absolute Gasteiger partial charge is 0.480 e. The van der Waals surface area contributed by atoms with E-state index in [2.05, 4.69) is 25.1 Å². The van der Waals surface area contributed by atoms with Crippen LogP contribution in [0.15, 0.2) is 16.8 Å². The molecule has 0 aromatic carbocycles. The summed E-state index contributed by atoms with van der Waals surface area (Å²) in [5, 5.41) is 33.9. The van der Waals surface area contributed by atoms with Crippen LogP contribution in [0, 0.1) is 28.6 Å². The van der Waals surface area contributed by atoms with Gasteiger partial charge in [0.2, 0.25) is 0 Å². The van der Waals surface area contributed by atoms with Gasteiger partial charge in [-0.05, 0) is 86.0 Å². The molecule has 3 saturated carbocycles. The predicted octanol–water partition coefficient (Wildman–Crippen LogP) is 2.73. The Morgan fingerprint density at radius 2 is 1.91 bits per heavy atom. The predicted molar refractivity (Wildman–Crippen MR) is 125 cm³/mol. The Kier molecular flexibility index (Phi) is 6.04. The van der Waals surface area contributed by atoms with Crippen LogP contribution in [0.5, 0.6) is 0 Å². The molecule has 4 aliphatic carbocycles. The van der Waals surface area contributed by atoms with Crippen LogP contribution in [0.4, 0.5) is 0 Å². The quantitative estimate of drug-likeness (QED) is 0.539. The molecule has 5 aliphatic rings. The van der Waals surface area contributed by atoms with E-state index in [-0.39, 0.29) is 36.5 Å². The molecule has 0 aromatic rings. The maximum absolute atomic E-state index is 12.4. The minimum absolute atomic E-state index is 0.0117. The fourth-order valence-electron chi connectivity index (χ4n) is 8.19. The van der Waals surface area contributed by atoms with E-state index in [0.29, 0.717) is 17.8 Å². The Labute approximate surface area is 201 Å². The van der Waals surface area contributed by atoms with Crippen LogP contribution in [-0.4, -0.2) is 69.2 Å². The molecule has 1 saturated heterocycles. The molecule has 0 aromatic heterocycles. The highest BCUT2D eigenvalue weighted by Gasteiger charge is 2.58. The normalized spacial score (nSPS) is 44.8. The number of carbonyl (C=O) groups excluding carboxylic acids is 1. The zero-order chi connectivity index (χ0) is 24.3. The van der Waals surface area contributed by atoms with E-state index in [1.165, 1.54) is 23.3 Å². The number of hydrogen-bond acceptors (Lipinski definition) is 6. The molecule has 1 amide bonds. The van der Waals surface area contributed by atoms with E-state index < -0.39 is 24.0 Å². The molecule has 1 heterocycles. The fraction of sp³-hybridized carbons (Fsp3) is 0.808. The van der Waals surface area contributed by atoms with Gasteiger partial charge >= 0.3 is 5.97 Å². The molecule has 8 unspecified atom stereocenters. The number of likely N-dealkylation sites (tertiary alicyclic amines) is 1. The molecule has 4 fully saturated rings. The second-order valence-corrected chi connectivity index (χ2v) is 11.8. The Morgan fingerprint density at radius 1 is 1.12 bits per heavy atom. The molecule has 8 atom stereocenters. The monoisotopic (exact) mass is 474 g/mol. The van der Waals surface area contributed by atoms with Crippen molar-refractivity contribution in [2.45, 2.75) is 89.9 Å². The molecule has 8 nitrogen and oxygen atoms in total. The van der Waals surface area contributed by atoms with E-state index in [4.69, 9.17) is 4.84 Å². The first-order valence-corrected chi connectivity index (χ1v) is 12.9. The summed E-state index contributed by atoms with van der Waals surface area (Å²) in [6.07, 6.45) is 9.64. The SMILES string of the molecule is CC12CCC(=NOCC(=O)N3CC(O)CC3C(=O)O)C=C1CCC1C2CCC2(C)C(O)CCC12. The van der Waals surface area contributed by atoms with Gasteiger partial charge in [0.1, 0.15) is 6.04 Å². The van der Waals surface area contributed by atoms with Gasteiger partial charge in [0.05, 0.1) is 17.9 Å². The topological polar surface area (TPSA) is 120 Å². The fourth-order valence-corrected chi connectivity index (χ4v) is 8.19. The highest BCUT2D eigenvalue weighted by atomic mass is 16.6. The van der Waals surface area contributed by atoms with Crippen molar-refractivity contribution in [1.29, 1.82) is 0 Å². The number of aliphatic carboxylic acids is 1. The van der Waals surface area contributed by atoms with Crippen molar-refractivity contribution in [3.63, 3.8) is 0 Å². The van der Waals surface area contributed by atoms with Gasteiger partial charge in [0, 0.05) is 13.0 Å². The minimum Gasteiger partial charge on any atom is -0.480 e. The summed E-state index contributed by atoms with van der Waals surface area (Å²) < 4.78 is 0. The molecule has 0 spiro atoms. The standard InChI is InChI=1S/C26H38N2O6/c1-25-9-7-16(27-34-14-23(31)28-13-17(29)12-21(28)24(32)33)11-15(25)3-4-18-19-5-6-22(30)26(19,2)10-8-20(18)25/h11,17-22,29-30H,3-10,12-14H2,1-2H3,(H,32,33). The minimum atomic E-state index is -1.11. The lowest BCUT2D eigenvalue weighted by atomic mass is 9.47. The maximum atomic E-state index is 12.4. The van der Waals surface area contributed by atoms with E-state index in [9.17, 15) is 24.9 Å². The average molecular weight is 475 g/mol. The molecule has 0 bridgehead atoms. The molecule has 1 aliphatic heterocycles. The Bertz CT molecular complexity index is 917. The number of amides is 1. The molecule has 8 heteroatoms. The Hall–Kier alpha value is -1.93. The lowest BCUT2D eigenvalue weighted by molar-refractivity contribution is -0.150. The number of fused-ring (bicyclic) bond motifs is 5. The van der Waals surface area contributed by atoms with Crippen LogP contribution in [0.3, 0.4) is 0 Å². The van der Waals surface area contributed by atoms with Crippen molar-refractivity contribution >= 4 is 17.6 Å². The number of allylic oxidation sites excluding steroid dienone is 2. The smallest absolute Gasteiger partial charge is 0.326 e. The Morgan fingerprint density at radius 3 is 2.68 bits per heavy atom. The van der Waals surface area contributed by atoms with E-state index in [0.717, 1.165) is 44.2 Å². The van der Waals surface area contributed by atoms with Crippen molar-refractivity contribution in [1.82, 2.24) is 4.90 Å². The second kappa shape index (κ2) is 8.63. The van der Waals surface area contributed by atoms with Gasteiger partial charge in [-0.3, -0.25) is 4.79 Å². The molecular formula is C26H38N2O6. The first-order valence-electron chi connectivity index (χ1n) is 12.9. The number of β-amino-alcohol motifs (C(OH)–C–C–N with tert-alkyl or cyclic N) is 1. The number of nitrogens with zero attached hydrogens (tertiary/aromatic N) is 2. The van der Waals surface area contributed by atoms with Gasteiger partial charge in [-0.25, -0.2) is 4.79 Å². The molecule has 34 heavy (non-hydrogen) atoms. The van der Waals surface area contributed by atoms with Crippen LogP contribution in [-0.2, 0) is 14.4 Å². The number of oxime groups is 1. The first-order chi connectivity index (χ1) is 16.1. The van der Waals surface area contributed by atoms with Crippen LogP contribution in [0.2, 0.25) is 0 Å². The summed E-state index contributed by atoms with van der Waals surface area (Å²) in [5.41, 5.74) is 2.52. The molecular weight excluding hydrogens is 436 g/mol. The summed E-state index contributed by atoms with van der Waals surface area (Å²) in [7, 11) is 0. The van der Waals surface area contributed by atoms with E-state index in [1.54, 1.807) is 0 Å². The average Bonchev–Trinajstić information content (AvgIpc) is 3.33. The summed E-state index contributed by atoms with van der Waals surface area (Å²) in [6.45, 7) is 4.41. The number of carboxylic acid groups (broad SMARTS) is 1. The lowest BCUT2D eigenvalue weighted by Gasteiger charge is -2.57. The number of hydrogen-bond donors (Lipinski definition) is 3. The van der Waals surface area contributed by atoms with Crippen LogP contribution >= 0.6 is 0 Å². The third kappa shape index (κ3) is 3.77. The Balaban J connectivity index is 1.24. The number of rotatable bonds is 4. The summed E-state index contributed by atoms with van der Waals surface area (Å²) >= 11 is 0. The third-order valence-corrected chi connectivity index (χ3v) is 10.2. The first kappa shape index (κ1) is 23.8. The summed E-state index contributed by atoms with van der Waals surface area (Å²) in [5.74, 6) is 0.380. The van der Waals surface area contributed by atoms with Crippen LogP contribution in [0.25, 0.3) is 0 Å². The van der Waals surface area contributed by atoms with Crippen molar-refractivity contribution in [2.75, 3.05) is 13.2 Å². The molecule has 5 rings (SSSR count). The second-order valence-electron chi connectivity index (χ2n) is 11.8. The molecule has 188 valence electrons.